The van der Waals surface area contributed by atoms with E-state index in [0.29, 0.717) is 13.1 Å². The molecular formula is C20H16F4N2O. The van der Waals surface area contributed by atoms with Crippen LogP contribution in [0.15, 0.2) is 42.5 Å². The van der Waals surface area contributed by atoms with Crippen LogP contribution in [0, 0.1) is 30.2 Å². The number of benzene rings is 2. The molecule has 7 heteroatoms. The van der Waals surface area contributed by atoms with E-state index >= 15 is 0 Å². The minimum atomic E-state index is -1.55. The number of fused-ring (bicyclic) bond motifs is 1. The van der Waals surface area contributed by atoms with Crippen molar-refractivity contribution in [3.05, 3.63) is 77.0 Å². The zero-order valence-corrected chi connectivity index (χ0v) is 14.4. The van der Waals surface area contributed by atoms with Gasteiger partial charge in [0.15, 0.2) is 17.5 Å². The second-order valence-corrected chi connectivity index (χ2v) is 6.06. The Labute approximate surface area is 152 Å². The van der Waals surface area contributed by atoms with Crippen LogP contribution in [0.25, 0.3) is 17.0 Å². The second-order valence-electron chi connectivity index (χ2n) is 6.06. The fourth-order valence-electron chi connectivity index (χ4n) is 2.87. The average molecular weight is 376 g/mol. The van der Waals surface area contributed by atoms with Crippen molar-refractivity contribution in [3.8, 4) is 0 Å². The van der Waals surface area contributed by atoms with E-state index in [0.717, 1.165) is 34.8 Å². The first kappa shape index (κ1) is 18.7. The normalized spacial score (nSPS) is 11.4. The second kappa shape index (κ2) is 7.65. The molecule has 0 saturated heterocycles. The molecule has 27 heavy (non-hydrogen) atoms. The number of hydrogen-bond acceptors (Lipinski definition) is 1. The lowest BCUT2D eigenvalue weighted by Gasteiger charge is -2.09. The maximum Gasteiger partial charge on any atom is 0.244 e. The van der Waals surface area contributed by atoms with Crippen LogP contribution in [0.4, 0.5) is 17.6 Å². The van der Waals surface area contributed by atoms with Gasteiger partial charge in [0.2, 0.25) is 5.91 Å². The van der Waals surface area contributed by atoms with Crippen molar-refractivity contribution in [2.24, 2.45) is 0 Å². The van der Waals surface area contributed by atoms with Gasteiger partial charge in [-0.05, 0) is 55.0 Å². The number of halogens is 4. The lowest BCUT2D eigenvalue weighted by Crippen LogP contribution is -2.25. The molecule has 2 aromatic carbocycles. The van der Waals surface area contributed by atoms with Crippen LogP contribution >= 0.6 is 0 Å². The molecule has 0 aliphatic rings. The minimum absolute atomic E-state index is 0.0378. The quantitative estimate of drug-likeness (QED) is 0.401. The molecule has 1 heterocycles. The Morgan fingerprint density at radius 1 is 1.07 bits per heavy atom. The van der Waals surface area contributed by atoms with Crippen LogP contribution in [0.5, 0.6) is 0 Å². The van der Waals surface area contributed by atoms with E-state index in [4.69, 9.17) is 0 Å². The van der Waals surface area contributed by atoms with Gasteiger partial charge in [-0.1, -0.05) is 0 Å². The molecule has 0 bridgehead atoms. The van der Waals surface area contributed by atoms with Crippen LogP contribution in [0.3, 0.4) is 0 Å². The number of carbonyl (C=O) groups is 1. The van der Waals surface area contributed by atoms with Crippen LogP contribution in [-0.4, -0.2) is 17.0 Å². The number of aryl methyl sites for hydroxylation is 1. The van der Waals surface area contributed by atoms with Gasteiger partial charge < -0.3 is 9.88 Å². The molecule has 1 aromatic heterocycles. The van der Waals surface area contributed by atoms with E-state index in [1.165, 1.54) is 18.2 Å². The lowest BCUT2D eigenvalue weighted by molar-refractivity contribution is -0.116. The summed E-state index contributed by atoms with van der Waals surface area (Å²) in [4.78, 5) is 11.9. The highest BCUT2D eigenvalue weighted by Gasteiger charge is 2.09. The summed E-state index contributed by atoms with van der Waals surface area (Å²) in [6, 6.07) is 7.96. The third-order valence-corrected chi connectivity index (χ3v) is 4.14. The smallest absolute Gasteiger partial charge is 0.244 e. The topological polar surface area (TPSA) is 34.0 Å². The maximum atomic E-state index is 13.3. The van der Waals surface area contributed by atoms with Gasteiger partial charge in [0.05, 0.1) is 0 Å². The Kier molecular flexibility index (Phi) is 5.30. The van der Waals surface area contributed by atoms with E-state index in [9.17, 15) is 22.4 Å². The van der Waals surface area contributed by atoms with Gasteiger partial charge in [-0.15, -0.1) is 0 Å². The minimum Gasteiger partial charge on any atom is -0.351 e. The average Bonchev–Trinajstić information content (AvgIpc) is 2.92. The summed E-state index contributed by atoms with van der Waals surface area (Å²) in [5.41, 5.74) is 1.82. The molecule has 0 saturated carbocycles. The molecular weight excluding hydrogens is 360 g/mol. The molecule has 1 amide bonds. The first-order valence-corrected chi connectivity index (χ1v) is 8.21. The molecule has 0 aliphatic carbocycles. The Hall–Kier alpha value is -3.09. The van der Waals surface area contributed by atoms with E-state index in [1.54, 1.807) is 6.07 Å². The largest absolute Gasteiger partial charge is 0.351 e. The summed E-state index contributed by atoms with van der Waals surface area (Å²) >= 11 is 0. The Bertz CT molecular complexity index is 1020. The molecule has 3 rings (SSSR count). The number of amides is 1. The molecule has 3 aromatic rings. The molecule has 140 valence electrons. The van der Waals surface area contributed by atoms with Crippen molar-refractivity contribution in [3.63, 3.8) is 0 Å². The van der Waals surface area contributed by atoms with Gasteiger partial charge in [-0.25, -0.2) is 17.6 Å². The van der Waals surface area contributed by atoms with E-state index in [-0.39, 0.29) is 11.4 Å². The first-order valence-electron chi connectivity index (χ1n) is 8.21. The molecule has 1 N–H and O–H groups in total. The van der Waals surface area contributed by atoms with Gasteiger partial charge >= 0.3 is 0 Å². The standard InChI is InChI=1S/C20H16F4N2O/c1-12-8-14-11-15(21)3-4-18(14)26(12)7-6-25-19(27)5-2-13-9-16(22)20(24)17(23)10-13/h2-5,8-11H,6-7H2,1H3,(H,25,27). The van der Waals surface area contributed by atoms with E-state index < -0.39 is 23.4 Å². The van der Waals surface area contributed by atoms with E-state index in [2.05, 4.69) is 5.32 Å². The number of rotatable bonds is 5. The number of nitrogens with zero attached hydrogens (tertiary/aromatic N) is 1. The van der Waals surface area contributed by atoms with Crippen LogP contribution in [-0.2, 0) is 11.3 Å². The van der Waals surface area contributed by atoms with Crippen molar-refractivity contribution in [1.82, 2.24) is 9.88 Å². The summed E-state index contributed by atoms with van der Waals surface area (Å²) in [6.07, 6.45) is 2.31. The van der Waals surface area contributed by atoms with Crippen LogP contribution in [0.2, 0.25) is 0 Å². The first-order chi connectivity index (χ1) is 12.8. The molecule has 0 aliphatic heterocycles. The van der Waals surface area contributed by atoms with Gasteiger partial charge in [-0.3, -0.25) is 4.79 Å². The van der Waals surface area contributed by atoms with E-state index in [1.807, 2.05) is 17.6 Å². The Morgan fingerprint density at radius 2 is 1.78 bits per heavy atom. The number of aromatic nitrogens is 1. The maximum absolute atomic E-state index is 13.3. The van der Waals surface area contributed by atoms with Crippen LogP contribution < -0.4 is 5.32 Å². The van der Waals surface area contributed by atoms with Gasteiger partial charge in [-0.2, -0.15) is 0 Å². The molecule has 0 radical (unpaired) electrons. The highest BCUT2D eigenvalue weighted by atomic mass is 19.2. The third-order valence-electron chi connectivity index (χ3n) is 4.14. The zero-order chi connectivity index (χ0) is 19.6. The molecule has 0 atom stereocenters. The summed E-state index contributed by atoms with van der Waals surface area (Å²) < 4.78 is 54.4. The summed E-state index contributed by atoms with van der Waals surface area (Å²) in [5, 5.41) is 3.43. The van der Waals surface area contributed by atoms with Crippen molar-refractivity contribution >= 4 is 22.9 Å². The fraction of sp³-hybridized carbons (Fsp3) is 0.150. The van der Waals surface area contributed by atoms with Gasteiger partial charge in [0.25, 0.3) is 0 Å². The summed E-state index contributed by atoms with van der Waals surface area (Å²) in [7, 11) is 0. The number of hydrogen-bond donors (Lipinski definition) is 1. The molecule has 0 spiro atoms. The van der Waals surface area contributed by atoms with Crippen molar-refractivity contribution in [1.29, 1.82) is 0 Å². The van der Waals surface area contributed by atoms with Crippen LogP contribution in [0.1, 0.15) is 11.3 Å². The highest BCUT2D eigenvalue weighted by Crippen LogP contribution is 2.20. The zero-order valence-electron chi connectivity index (χ0n) is 14.4. The monoisotopic (exact) mass is 376 g/mol. The summed E-state index contributed by atoms with van der Waals surface area (Å²) in [5.74, 6) is -4.96. The predicted octanol–water partition coefficient (Wildman–Crippen LogP) is 4.34. The van der Waals surface area contributed by atoms with Crippen molar-refractivity contribution in [2.75, 3.05) is 6.54 Å². The van der Waals surface area contributed by atoms with Crippen molar-refractivity contribution < 1.29 is 22.4 Å². The SMILES string of the molecule is Cc1cc2cc(F)ccc2n1CCNC(=O)C=Cc1cc(F)c(F)c(F)c1. The van der Waals surface area contributed by atoms with Gasteiger partial charge in [0, 0.05) is 35.8 Å². The highest BCUT2D eigenvalue weighted by molar-refractivity contribution is 5.91. The Morgan fingerprint density at radius 3 is 2.48 bits per heavy atom. The fourth-order valence-corrected chi connectivity index (χ4v) is 2.87. The lowest BCUT2D eigenvalue weighted by atomic mass is 10.2. The summed E-state index contributed by atoms with van der Waals surface area (Å²) in [6.45, 7) is 2.66. The van der Waals surface area contributed by atoms with Crippen molar-refractivity contribution in [2.45, 2.75) is 13.5 Å². The molecule has 0 fully saturated rings. The number of carbonyl (C=O) groups excluding carboxylic acids is 1. The third kappa shape index (κ3) is 4.19. The molecule has 0 unspecified atom stereocenters. The molecule has 3 nitrogen and oxygen atoms in total. The predicted molar refractivity (Wildman–Crippen MR) is 95.0 cm³/mol. The number of nitrogens with one attached hydrogen (secondary N) is 1. The Balaban J connectivity index is 1.61. The van der Waals surface area contributed by atoms with Gasteiger partial charge in [0.1, 0.15) is 5.82 Å².